The molecule has 0 amide bonds. The van der Waals surface area contributed by atoms with E-state index in [0.717, 1.165) is 38.0 Å². The SMILES string of the molecule is NC(=S)c1cccc(CN2CCc3ccccc3CC2)c1. The van der Waals surface area contributed by atoms with Gasteiger partial charge in [-0.1, -0.05) is 54.7 Å². The summed E-state index contributed by atoms with van der Waals surface area (Å²) in [6.45, 7) is 3.17. The highest BCUT2D eigenvalue weighted by atomic mass is 32.1. The summed E-state index contributed by atoms with van der Waals surface area (Å²) in [5.74, 6) is 0. The molecule has 0 aliphatic carbocycles. The fourth-order valence-electron chi connectivity index (χ4n) is 2.95. The highest BCUT2D eigenvalue weighted by Gasteiger charge is 2.13. The molecule has 1 aliphatic heterocycles. The van der Waals surface area contributed by atoms with Gasteiger partial charge in [0.25, 0.3) is 0 Å². The minimum absolute atomic E-state index is 0.472. The minimum Gasteiger partial charge on any atom is -0.389 e. The molecule has 0 spiro atoms. The molecule has 0 radical (unpaired) electrons. The van der Waals surface area contributed by atoms with E-state index in [0.29, 0.717) is 4.99 Å². The first-order valence-corrected chi connectivity index (χ1v) is 7.81. The van der Waals surface area contributed by atoms with Crippen molar-refractivity contribution in [1.82, 2.24) is 4.90 Å². The molecule has 0 aromatic heterocycles. The van der Waals surface area contributed by atoms with Crippen LogP contribution in [0, 0.1) is 0 Å². The molecular weight excluding hydrogens is 276 g/mol. The first kappa shape index (κ1) is 14.2. The van der Waals surface area contributed by atoms with Gasteiger partial charge >= 0.3 is 0 Å². The molecule has 2 N–H and O–H groups in total. The molecule has 1 aliphatic rings. The van der Waals surface area contributed by atoms with Crippen LogP contribution in [0.1, 0.15) is 22.3 Å². The number of rotatable bonds is 3. The summed E-state index contributed by atoms with van der Waals surface area (Å²) < 4.78 is 0. The van der Waals surface area contributed by atoms with Crippen LogP contribution in [-0.4, -0.2) is 23.0 Å². The Morgan fingerprint density at radius 1 is 1.00 bits per heavy atom. The number of hydrogen-bond acceptors (Lipinski definition) is 2. The second kappa shape index (κ2) is 6.37. The zero-order valence-electron chi connectivity index (χ0n) is 12.1. The second-order valence-electron chi connectivity index (χ2n) is 5.61. The maximum absolute atomic E-state index is 5.72. The van der Waals surface area contributed by atoms with Crippen molar-refractivity contribution in [3.8, 4) is 0 Å². The topological polar surface area (TPSA) is 29.3 Å². The molecule has 108 valence electrons. The molecule has 0 fully saturated rings. The van der Waals surface area contributed by atoms with Crippen molar-refractivity contribution >= 4 is 17.2 Å². The molecule has 3 rings (SSSR count). The van der Waals surface area contributed by atoms with Crippen LogP contribution in [0.5, 0.6) is 0 Å². The molecule has 21 heavy (non-hydrogen) atoms. The van der Waals surface area contributed by atoms with Crippen molar-refractivity contribution in [2.24, 2.45) is 5.73 Å². The summed E-state index contributed by atoms with van der Waals surface area (Å²) in [4.78, 5) is 2.98. The number of nitrogens with zero attached hydrogens (tertiary/aromatic N) is 1. The lowest BCUT2D eigenvalue weighted by atomic mass is 10.0. The van der Waals surface area contributed by atoms with Gasteiger partial charge in [0, 0.05) is 25.2 Å². The van der Waals surface area contributed by atoms with E-state index in [9.17, 15) is 0 Å². The Bertz CT molecular complexity index is 624. The van der Waals surface area contributed by atoms with Crippen LogP contribution in [-0.2, 0) is 19.4 Å². The van der Waals surface area contributed by atoms with E-state index in [4.69, 9.17) is 18.0 Å². The Hall–Kier alpha value is -1.71. The van der Waals surface area contributed by atoms with Gasteiger partial charge in [-0.2, -0.15) is 0 Å². The van der Waals surface area contributed by atoms with Gasteiger partial charge in [-0.3, -0.25) is 4.90 Å². The zero-order chi connectivity index (χ0) is 14.7. The number of benzene rings is 2. The zero-order valence-corrected chi connectivity index (χ0v) is 12.9. The van der Waals surface area contributed by atoms with Gasteiger partial charge in [0.1, 0.15) is 4.99 Å². The van der Waals surface area contributed by atoms with Crippen LogP contribution in [0.25, 0.3) is 0 Å². The Kier molecular flexibility index (Phi) is 4.32. The quantitative estimate of drug-likeness (QED) is 0.883. The molecule has 0 saturated heterocycles. The van der Waals surface area contributed by atoms with E-state index in [1.54, 1.807) is 0 Å². The number of thiocarbonyl (C=S) groups is 1. The van der Waals surface area contributed by atoms with Crippen molar-refractivity contribution < 1.29 is 0 Å². The third kappa shape index (κ3) is 3.49. The van der Waals surface area contributed by atoms with Crippen LogP contribution in [0.15, 0.2) is 48.5 Å². The fourth-order valence-corrected chi connectivity index (χ4v) is 3.08. The maximum atomic E-state index is 5.72. The molecule has 0 bridgehead atoms. The molecule has 0 unspecified atom stereocenters. The molecule has 2 aromatic rings. The summed E-state index contributed by atoms with van der Waals surface area (Å²) >= 11 is 5.06. The van der Waals surface area contributed by atoms with E-state index >= 15 is 0 Å². The van der Waals surface area contributed by atoms with Gasteiger partial charge in [-0.05, 0) is 35.6 Å². The molecule has 3 heteroatoms. The maximum Gasteiger partial charge on any atom is 0.103 e. The standard InChI is InChI=1S/C18H20N2S/c19-18(21)17-7-3-4-14(12-17)13-20-10-8-15-5-1-2-6-16(15)9-11-20/h1-7,12H,8-11,13H2,(H2,19,21). The second-order valence-corrected chi connectivity index (χ2v) is 6.05. The molecule has 2 aromatic carbocycles. The van der Waals surface area contributed by atoms with Crippen LogP contribution in [0.2, 0.25) is 0 Å². The Morgan fingerprint density at radius 3 is 2.29 bits per heavy atom. The largest absolute Gasteiger partial charge is 0.389 e. The Morgan fingerprint density at radius 2 is 1.67 bits per heavy atom. The van der Waals surface area contributed by atoms with Gasteiger partial charge in [0.15, 0.2) is 0 Å². The predicted octanol–water partition coefficient (Wildman–Crippen LogP) is 2.92. The fraction of sp³-hybridized carbons (Fsp3) is 0.278. The van der Waals surface area contributed by atoms with Crippen molar-refractivity contribution in [2.45, 2.75) is 19.4 Å². The summed E-state index contributed by atoms with van der Waals surface area (Å²) in [6.07, 6.45) is 2.26. The molecule has 0 atom stereocenters. The Balaban J connectivity index is 1.70. The number of fused-ring (bicyclic) bond motifs is 1. The average Bonchev–Trinajstić information content (AvgIpc) is 2.70. The van der Waals surface area contributed by atoms with E-state index in [2.05, 4.69) is 41.3 Å². The average molecular weight is 296 g/mol. The van der Waals surface area contributed by atoms with Gasteiger partial charge in [0.05, 0.1) is 0 Å². The highest BCUT2D eigenvalue weighted by molar-refractivity contribution is 7.80. The first-order valence-electron chi connectivity index (χ1n) is 7.40. The van der Waals surface area contributed by atoms with Crippen LogP contribution in [0.3, 0.4) is 0 Å². The van der Waals surface area contributed by atoms with Crippen molar-refractivity contribution in [1.29, 1.82) is 0 Å². The molecule has 0 saturated carbocycles. The lowest BCUT2D eigenvalue weighted by Crippen LogP contribution is -2.26. The lowest BCUT2D eigenvalue weighted by molar-refractivity contribution is 0.279. The van der Waals surface area contributed by atoms with Crippen molar-refractivity contribution in [3.05, 3.63) is 70.8 Å². The van der Waals surface area contributed by atoms with Gasteiger partial charge in [-0.15, -0.1) is 0 Å². The summed E-state index contributed by atoms with van der Waals surface area (Å²) in [6, 6.07) is 17.1. The number of hydrogen-bond donors (Lipinski definition) is 1. The number of nitrogens with two attached hydrogens (primary N) is 1. The van der Waals surface area contributed by atoms with Gasteiger partial charge in [-0.25, -0.2) is 0 Å². The van der Waals surface area contributed by atoms with Crippen LogP contribution >= 0.6 is 12.2 Å². The highest BCUT2D eigenvalue weighted by Crippen LogP contribution is 2.17. The van der Waals surface area contributed by atoms with Crippen LogP contribution < -0.4 is 5.73 Å². The minimum atomic E-state index is 0.472. The summed E-state index contributed by atoms with van der Waals surface area (Å²) in [5, 5.41) is 0. The molecular formula is C18H20N2S. The van der Waals surface area contributed by atoms with E-state index in [1.165, 1.54) is 16.7 Å². The van der Waals surface area contributed by atoms with Crippen LogP contribution in [0.4, 0.5) is 0 Å². The third-order valence-corrected chi connectivity index (χ3v) is 4.37. The smallest absolute Gasteiger partial charge is 0.103 e. The van der Waals surface area contributed by atoms with E-state index in [1.807, 2.05) is 12.1 Å². The molecule has 2 nitrogen and oxygen atoms in total. The normalized spacial score (nSPS) is 15.2. The van der Waals surface area contributed by atoms with Gasteiger partial charge in [0.2, 0.25) is 0 Å². The Labute approximate surface area is 131 Å². The predicted molar refractivity (Wildman–Crippen MR) is 91.5 cm³/mol. The van der Waals surface area contributed by atoms with Crippen molar-refractivity contribution in [2.75, 3.05) is 13.1 Å². The summed E-state index contributed by atoms with van der Waals surface area (Å²) in [7, 11) is 0. The third-order valence-electron chi connectivity index (χ3n) is 4.13. The van der Waals surface area contributed by atoms with E-state index < -0.39 is 0 Å². The van der Waals surface area contributed by atoms with Crippen molar-refractivity contribution in [3.63, 3.8) is 0 Å². The lowest BCUT2D eigenvalue weighted by Gasteiger charge is -2.20. The summed E-state index contributed by atoms with van der Waals surface area (Å²) in [5.41, 5.74) is 11.0. The first-order chi connectivity index (χ1) is 10.2. The monoisotopic (exact) mass is 296 g/mol. The van der Waals surface area contributed by atoms with E-state index in [-0.39, 0.29) is 0 Å². The molecule has 1 heterocycles. The van der Waals surface area contributed by atoms with Gasteiger partial charge < -0.3 is 5.73 Å².